The molecule has 140 valence electrons. The molecule has 0 radical (unpaired) electrons. The van der Waals surface area contributed by atoms with Crippen molar-refractivity contribution in [2.75, 3.05) is 27.2 Å². The molecule has 2 aromatic carbocycles. The molecule has 2 aromatic rings. The van der Waals surface area contributed by atoms with Gasteiger partial charge in [-0.1, -0.05) is 60.7 Å². The summed E-state index contributed by atoms with van der Waals surface area (Å²) >= 11 is 0. The number of fused-ring (bicyclic) bond motifs is 1. The quantitative estimate of drug-likeness (QED) is 0.760. The molecule has 2 aliphatic rings. The van der Waals surface area contributed by atoms with E-state index in [1.54, 1.807) is 0 Å². The first-order chi connectivity index (χ1) is 13.2. The zero-order valence-electron chi connectivity index (χ0n) is 16.4. The lowest BCUT2D eigenvalue weighted by Gasteiger charge is -2.31. The van der Waals surface area contributed by atoms with Gasteiger partial charge in [0, 0.05) is 19.0 Å². The van der Waals surface area contributed by atoms with Crippen LogP contribution < -0.4 is 0 Å². The highest BCUT2D eigenvalue weighted by Gasteiger charge is 2.40. The molecule has 27 heavy (non-hydrogen) atoms. The molecule has 4 rings (SSSR count). The third kappa shape index (κ3) is 3.98. The second-order valence-electron chi connectivity index (χ2n) is 7.89. The average molecular weight is 360 g/mol. The van der Waals surface area contributed by atoms with Gasteiger partial charge in [0.15, 0.2) is 0 Å². The van der Waals surface area contributed by atoms with Crippen LogP contribution in [0.3, 0.4) is 0 Å². The Hall–Kier alpha value is -2.39. The molecule has 3 nitrogen and oxygen atoms in total. The fourth-order valence-corrected chi connectivity index (χ4v) is 4.31. The summed E-state index contributed by atoms with van der Waals surface area (Å²) in [6, 6.07) is 22.0. The zero-order chi connectivity index (χ0) is 18.6. The van der Waals surface area contributed by atoms with Gasteiger partial charge < -0.3 is 4.90 Å². The summed E-state index contributed by atoms with van der Waals surface area (Å²) in [6.07, 6.45) is 5.95. The highest BCUT2D eigenvalue weighted by atomic mass is 15.5. The average Bonchev–Trinajstić information content (AvgIpc) is 3.07. The van der Waals surface area contributed by atoms with Gasteiger partial charge in [-0.2, -0.15) is 5.10 Å². The Kier molecular flexibility index (Phi) is 5.40. The SMILES string of the molecule is CN(C)CCN1N=C2/C(=C\c3ccccc3)CCCC2C1c1ccccc1. The standard InChI is InChI=1S/C24H29N3/c1-26(2)16-17-27-24(20-12-7-4-8-13-20)22-15-9-14-21(23(22)25-27)18-19-10-5-3-6-11-19/h3-8,10-13,18,22,24H,9,14-17H2,1-2H3/b21-18-. The number of hydrazone groups is 1. The Bertz CT molecular complexity index is 808. The van der Waals surface area contributed by atoms with E-state index in [2.05, 4.69) is 90.7 Å². The van der Waals surface area contributed by atoms with Crippen molar-refractivity contribution in [2.24, 2.45) is 11.0 Å². The van der Waals surface area contributed by atoms with Gasteiger partial charge in [-0.05, 0) is 56.1 Å². The number of nitrogens with zero attached hydrogens (tertiary/aromatic N) is 3. The van der Waals surface area contributed by atoms with E-state index in [0.717, 1.165) is 19.5 Å². The lowest BCUT2D eigenvalue weighted by Crippen LogP contribution is -2.32. The first-order valence-electron chi connectivity index (χ1n) is 10.0. The predicted octanol–water partition coefficient (Wildman–Crippen LogP) is 4.84. The summed E-state index contributed by atoms with van der Waals surface area (Å²) in [5, 5.41) is 7.52. The maximum atomic E-state index is 5.17. The van der Waals surface area contributed by atoms with Crippen LogP contribution in [-0.4, -0.2) is 42.8 Å². The van der Waals surface area contributed by atoms with E-state index in [1.165, 1.54) is 35.3 Å². The first kappa shape index (κ1) is 18.0. The van der Waals surface area contributed by atoms with Crippen molar-refractivity contribution in [3.63, 3.8) is 0 Å². The van der Waals surface area contributed by atoms with Crippen LogP contribution in [0, 0.1) is 5.92 Å². The van der Waals surface area contributed by atoms with E-state index < -0.39 is 0 Å². The smallest absolute Gasteiger partial charge is 0.0805 e. The van der Waals surface area contributed by atoms with Gasteiger partial charge in [0.2, 0.25) is 0 Å². The van der Waals surface area contributed by atoms with E-state index in [0.29, 0.717) is 12.0 Å². The summed E-state index contributed by atoms with van der Waals surface area (Å²) in [4.78, 5) is 2.24. The minimum Gasteiger partial charge on any atom is -0.308 e. The molecule has 0 amide bonds. The lowest BCUT2D eigenvalue weighted by atomic mass is 9.77. The minimum absolute atomic E-state index is 0.362. The molecule has 3 heteroatoms. The molecule has 1 heterocycles. The van der Waals surface area contributed by atoms with Crippen molar-refractivity contribution >= 4 is 11.8 Å². The summed E-state index contributed by atoms with van der Waals surface area (Å²) in [5.41, 5.74) is 5.41. The van der Waals surface area contributed by atoms with Crippen LogP contribution >= 0.6 is 0 Å². The van der Waals surface area contributed by atoms with Gasteiger partial charge in [-0.3, -0.25) is 5.01 Å². The van der Waals surface area contributed by atoms with Gasteiger partial charge in [-0.15, -0.1) is 0 Å². The Balaban J connectivity index is 1.68. The monoisotopic (exact) mass is 359 g/mol. The fourth-order valence-electron chi connectivity index (χ4n) is 4.31. The van der Waals surface area contributed by atoms with Crippen molar-refractivity contribution in [1.29, 1.82) is 0 Å². The largest absolute Gasteiger partial charge is 0.308 e. The number of hydrogen-bond donors (Lipinski definition) is 0. The molecular weight excluding hydrogens is 330 g/mol. The number of likely N-dealkylation sites (N-methyl/N-ethyl adjacent to an activating group) is 1. The Morgan fingerprint density at radius 2 is 1.74 bits per heavy atom. The van der Waals surface area contributed by atoms with E-state index in [9.17, 15) is 0 Å². The van der Waals surface area contributed by atoms with Gasteiger partial charge in [-0.25, -0.2) is 0 Å². The summed E-state index contributed by atoms with van der Waals surface area (Å²) < 4.78 is 0. The molecule has 1 aliphatic carbocycles. The molecule has 0 bridgehead atoms. The van der Waals surface area contributed by atoms with Crippen LogP contribution in [-0.2, 0) is 0 Å². The van der Waals surface area contributed by atoms with Crippen molar-refractivity contribution in [2.45, 2.75) is 25.3 Å². The van der Waals surface area contributed by atoms with Crippen LogP contribution in [0.2, 0.25) is 0 Å². The zero-order valence-corrected chi connectivity index (χ0v) is 16.4. The summed E-state index contributed by atoms with van der Waals surface area (Å²) in [7, 11) is 4.27. The normalized spacial score (nSPS) is 23.6. The topological polar surface area (TPSA) is 18.8 Å². The van der Waals surface area contributed by atoms with Crippen LogP contribution in [0.1, 0.15) is 36.4 Å². The third-order valence-corrected chi connectivity index (χ3v) is 5.64. The molecule has 2 unspecified atom stereocenters. The van der Waals surface area contributed by atoms with E-state index in [-0.39, 0.29) is 0 Å². The molecule has 0 saturated heterocycles. The summed E-state index contributed by atoms with van der Waals surface area (Å²) in [5.74, 6) is 0.498. The van der Waals surface area contributed by atoms with Crippen LogP contribution in [0.5, 0.6) is 0 Å². The molecule has 0 aromatic heterocycles. The maximum Gasteiger partial charge on any atom is 0.0805 e. The van der Waals surface area contributed by atoms with Crippen LogP contribution in [0.25, 0.3) is 6.08 Å². The van der Waals surface area contributed by atoms with Crippen LogP contribution in [0.15, 0.2) is 71.3 Å². The first-order valence-corrected chi connectivity index (χ1v) is 10.0. The lowest BCUT2D eigenvalue weighted by molar-refractivity contribution is 0.179. The predicted molar refractivity (Wildman–Crippen MR) is 114 cm³/mol. The van der Waals surface area contributed by atoms with Gasteiger partial charge in [0.05, 0.1) is 11.8 Å². The number of allylic oxidation sites excluding steroid dienone is 1. The maximum absolute atomic E-state index is 5.17. The second-order valence-corrected chi connectivity index (χ2v) is 7.89. The summed E-state index contributed by atoms with van der Waals surface area (Å²) in [6.45, 7) is 1.98. The highest BCUT2D eigenvalue weighted by Crippen LogP contribution is 2.44. The van der Waals surface area contributed by atoms with Crippen molar-refractivity contribution < 1.29 is 0 Å². The van der Waals surface area contributed by atoms with Crippen molar-refractivity contribution in [1.82, 2.24) is 9.91 Å². The minimum atomic E-state index is 0.362. The van der Waals surface area contributed by atoms with E-state index >= 15 is 0 Å². The molecule has 0 N–H and O–H groups in total. The highest BCUT2D eigenvalue weighted by molar-refractivity contribution is 6.07. The molecule has 1 aliphatic heterocycles. The van der Waals surface area contributed by atoms with E-state index in [4.69, 9.17) is 5.10 Å². The molecule has 1 saturated carbocycles. The van der Waals surface area contributed by atoms with Gasteiger partial charge in [0.25, 0.3) is 0 Å². The van der Waals surface area contributed by atoms with Gasteiger partial charge >= 0.3 is 0 Å². The third-order valence-electron chi connectivity index (χ3n) is 5.64. The Labute approximate surface area is 163 Å². The van der Waals surface area contributed by atoms with Crippen molar-refractivity contribution in [3.8, 4) is 0 Å². The number of benzene rings is 2. The van der Waals surface area contributed by atoms with E-state index in [1.807, 2.05) is 0 Å². The Morgan fingerprint density at radius 3 is 2.44 bits per heavy atom. The van der Waals surface area contributed by atoms with Crippen LogP contribution in [0.4, 0.5) is 0 Å². The second kappa shape index (κ2) is 8.10. The number of rotatable bonds is 5. The molecule has 2 atom stereocenters. The van der Waals surface area contributed by atoms with Crippen molar-refractivity contribution in [3.05, 3.63) is 77.4 Å². The molecule has 1 fully saturated rings. The fraction of sp³-hybridized carbons (Fsp3) is 0.375. The molecular formula is C24H29N3. The molecule has 0 spiro atoms. The number of hydrogen-bond acceptors (Lipinski definition) is 3. The van der Waals surface area contributed by atoms with Gasteiger partial charge in [0.1, 0.15) is 0 Å². The Morgan fingerprint density at radius 1 is 1.04 bits per heavy atom.